The molecule has 0 amide bonds. The fourth-order valence-electron chi connectivity index (χ4n) is 3.91. The fraction of sp³-hybridized carbons (Fsp3) is 0.200. The number of likely N-dealkylation sites (N-methyl/N-ethyl adjacent to an activating group) is 1. The average Bonchev–Trinajstić information content (AvgIpc) is 2.80. The van der Waals surface area contributed by atoms with Crippen LogP contribution < -0.4 is 15.2 Å². The number of piperazine rings is 1. The van der Waals surface area contributed by atoms with E-state index in [2.05, 4.69) is 32.9 Å². The number of hydrogen-bond acceptors (Lipinski definition) is 5. The lowest BCUT2D eigenvalue weighted by Gasteiger charge is -2.33. The molecule has 4 aromatic rings. The molecule has 2 aromatic heterocycles. The number of fused-ring (bicyclic) bond motifs is 1. The summed E-state index contributed by atoms with van der Waals surface area (Å²) in [6.07, 6.45) is 1.87. The number of hydrogen-bond donors (Lipinski definition) is 1. The van der Waals surface area contributed by atoms with Gasteiger partial charge in [0, 0.05) is 43.8 Å². The molecule has 0 radical (unpaired) electrons. The van der Waals surface area contributed by atoms with Crippen molar-refractivity contribution in [2.24, 2.45) is 0 Å². The van der Waals surface area contributed by atoms with Gasteiger partial charge in [0.15, 0.2) is 0 Å². The maximum atomic E-state index is 12.0. The van der Waals surface area contributed by atoms with Gasteiger partial charge in [-0.15, -0.1) is 0 Å². The summed E-state index contributed by atoms with van der Waals surface area (Å²) in [4.78, 5) is 24.0. The summed E-state index contributed by atoms with van der Waals surface area (Å²) >= 11 is 0. The van der Waals surface area contributed by atoms with Gasteiger partial charge in [-0.05, 0) is 54.6 Å². The third kappa shape index (κ3) is 4.15. The Morgan fingerprint density at radius 2 is 1.68 bits per heavy atom. The number of benzene rings is 2. The topological polar surface area (TPSA) is 61.5 Å². The highest BCUT2D eigenvalue weighted by Gasteiger charge is 2.15. The van der Waals surface area contributed by atoms with E-state index in [1.54, 1.807) is 0 Å². The van der Waals surface area contributed by atoms with Gasteiger partial charge in [-0.3, -0.25) is 4.79 Å². The van der Waals surface area contributed by atoms with Crippen LogP contribution in [0.1, 0.15) is 0 Å². The Hall–Kier alpha value is -3.64. The van der Waals surface area contributed by atoms with Crippen LogP contribution in [0.5, 0.6) is 11.5 Å². The van der Waals surface area contributed by atoms with Crippen molar-refractivity contribution in [3.8, 4) is 22.6 Å². The van der Waals surface area contributed by atoms with Crippen LogP contribution in [0.2, 0.25) is 0 Å². The van der Waals surface area contributed by atoms with Gasteiger partial charge in [0.2, 0.25) is 0 Å². The van der Waals surface area contributed by atoms with Crippen molar-refractivity contribution in [1.82, 2.24) is 14.9 Å². The van der Waals surface area contributed by atoms with Crippen molar-refractivity contribution in [1.29, 1.82) is 0 Å². The number of pyridine rings is 2. The first-order valence-electron chi connectivity index (χ1n) is 10.5. The van der Waals surface area contributed by atoms with Crippen LogP contribution in [0.25, 0.3) is 22.0 Å². The van der Waals surface area contributed by atoms with Crippen molar-refractivity contribution < 1.29 is 4.74 Å². The van der Waals surface area contributed by atoms with Gasteiger partial charge in [0.05, 0.1) is 5.52 Å². The van der Waals surface area contributed by atoms with Crippen molar-refractivity contribution >= 4 is 16.7 Å². The second-order valence-corrected chi connectivity index (χ2v) is 7.86. The van der Waals surface area contributed by atoms with Gasteiger partial charge < -0.3 is 19.5 Å². The molecule has 1 fully saturated rings. The van der Waals surface area contributed by atoms with Crippen molar-refractivity contribution in [3.63, 3.8) is 0 Å². The molecule has 6 nitrogen and oxygen atoms in total. The van der Waals surface area contributed by atoms with Crippen LogP contribution in [-0.2, 0) is 0 Å². The molecule has 0 saturated carbocycles. The van der Waals surface area contributed by atoms with Gasteiger partial charge in [0.25, 0.3) is 5.56 Å². The summed E-state index contributed by atoms with van der Waals surface area (Å²) in [5, 5.41) is 0.872. The number of nitrogens with one attached hydrogen (secondary N) is 1. The van der Waals surface area contributed by atoms with E-state index in [1.165, 1.54) is 6.07 Å². The minimum atomic E-state index is -0.182. The van der Waals surface area contributed by atoms with E-state index in [0.717, 1.165) is 54.0 Å². The number of H-pyrrole nitrogens is 1. The van der Waals surface area contributed by atoms with Gasteiger partial charge in [-0.2, -0.15) is 0 Å². The molecule has 1 N–H and O–H groups in total. The first-order chi connectivity index (χ1) is 15.2. The lowest BCUT2D eigenvalue weighted by Crippen LogP contribution is -2.44. The van der Waals surface area contributed by atoms with Crippen molar-refractivity contribution in [2.75, 3.05) is 38.1 Å². The van der Waals surface area contributed by atoms with E-state index in [4.69, 9.17) is 4.74 Å². The molecule has 0 bridgehead atoms. The molecule has 5 rings (SSSR count). The predicted octanol–water partition coefficient (Wildman–Crippen LogP) is 4.13. The number of nitrogens with zero attached hydrogens (tertiary/aromatic N) is 3. The van der Waals surface area contributed by atoms with E-state index in [9.17, 15) is 4.79 Å². The van der Waals surface area contributed by atoms with Crippen LogP contribution in [0.15, 0.2) is 77.7 Å². The average molecular weight is 412 g/mol. The number of rotatable bonds is 4. The summed E-state index contributed by atoms with van der Waals surface area (Å²) in [5.41, 5.74) is 2.80. The molecule has 1 saturated heterocycles. The molecule has 2 aromatic carbocycles. The van der Waals surface area contributed by atoms with Crippen molar-refractivity contribution in [2.45, 2.75) is 0 Å². The normalized spacial score (nSPS) is 14.7. The molecule has 0 spiro atoms. The molecule has 31 heavy (non-hydrogen) atoms. The predicted molar refractivity (Wildman–Crippen MR) is 124 cm³/mol. The smallest absolute Gasteiger partial charge is 0.252 e. The fourth-order valence-corrected chi connectivity index (χ4v) is 3.91. The number of aromatic nitrogens is 2. The van der Waals surface area contributed by atoms with Gasteiger partial charge >= 0.3 is 0 Å². The zero-order valence-electron chi connectivity index (χ0n) is 17.4. The second kappa shape index (κ2) is 8.24. The molecule has 156 valence electrons. The van der Waals surface area contributed by atoms with Gasteiger partial charge in [-0.25, -0.2) is 4.98 Å². The Balaban J connectivity index is 1.38. The molecule has 0 unspecified atom stereocenters. The van der Waals surface area contributed by atoms with E-state index in [-0.39, 0.29) is 5.56 Å². The minimum absolute atomic E-state index is 0.182. The zero-order valence-corrected chi connectivity index (χ0v) is 17.4. The van der Waals surface area contributed by atoms with E-state index >= 15 is 0 Å². The zero-order chi connectivity index (χ0) is 21.2. The first kappa shape index (κ1) is 19.3. The van der Waals surface area contributed by atoms with Crippen molar-refractivity contribution in [3.05, 3.63) is 83.3 Å². The van der Waals surface area contributed by atoms with Gasteiger partial charge in [0.1, 0.15) is 17.3 Å². The summed E-state index contributed by atoms with van der Waals surface area (Å²) < 4.78 is 6.05. The number of aromatic amines is 1. The van der Waals surface area contributed by atoms with Crippen LogP contribution in [0, 0.1) is 0 Å². The second-order valence-electron chi connectivity index (χ2n) is 7.86. The molecular weight excluding hydrogens is 388 g/mol. The molecule has 3 heterocycles. The maximum Gasteiger partial charge on any atom is 0.252 e. The van der Waals surface area contributed by atoms with E-state index in [0.29, 0.717) is 11.5 Å². The highest BCUT2D eigenvalue weighted by atomic mass is 16.5. The summed E-state index contributed by atoms with van der Waals surface area (Å²) in [7, 11) is 2.15. The number of para-hydroxylation sites is 1. The largest absolute Gasteiger partial charge is 0.456 e. The van der Waals surface area contributed by atoms with Crippen LogP contribution in [0.4, 0.5) is 5.82 Å². The maximum absolute atomic E-state index is 12.0. The molecule has 1 aliphatic rings. The van der Waals surface area contributed by atoms with E-state index < -0.39 is 0 Å². The third-order valence-electron chi connectivity index (χ3n) is 5.70. The summed E-state index contributed by atoms with van der Waals surface area (Å²) in [6.45, 7) is 4.08. The van der Waals surface area contributed by atoms with Gasteiger partial charge in [-0.1, -0.05) is 24.3 Å². The Bertz CT molecular complexity index is 1260. The Morgan fingerprint density at radius 3 is 2.48 bits per heavy atom. The molecule has 0 atom stereocenters. The molecular formula is C25H24N4O2. The summed E-state index contributed by atoms with van der Waals surface area (Å²) in [6, 6.07) is 21.2. The number of anilines is 1. The van der Waals surface area contributed by atoms with Crippen LogP contribution >= 0.6 is 0 Å². The monoisotopic (exact) mass is 412 g/mol. The Kier molecular flexibility index (Phi) is 5.14. The van der Waals surface area contributed by atoms with E-state index in [1.807, 2.05) is 60.8 Å². The Labute approximate surface area is 180 Å². The SMILES string of the molecule is CN1CCN(c2cc(-c3ccc(Oc4cc(=O)[nH]c5ccccc45)cc3)ccn2)CC1. The quantitative estimate of drug-likeness (QED) is 0.546. The molecule has 0 aliphatic carbocycles. The third-order valence-corrected chi connectivity index (χ3v) is 5.70. The molecule has 6 heteroatoms. The first-order valence-corrected chi connectivity index (χ1v) is 10.5. The Morgan fingerprint density at radius 1 is 0.903 bits per heavy atom. The highest BCUT2D eigenvalue weighted by Crippen LogP contribution is 2.30. The van der Waals surface area contributed by atoms with Crippen LogP contribution in [-0.4, -0.2) is 48.1 Å². The lowest BCUT2D eigenvalue weighted by atomic mass is 10.1. The summed E-state index contributed by atoms with van der Waals surface area (Å²) in [5.74, 6) is 2.25. The molecule has 1 aliphatic heterocycles. The van der Waals surface area contributed by atoms with Crippen LogP contribution in [0.3, 0.4) is 0 Å². The standard InChI is InChI=1S/C25H24N4O2/c1-28-12-14-29(15-13-28)24-16-19(10-11-26-24)18-6-8-20(9-7-18)31-23-17-25(30)27-22-5-3-2-4-21(22)23/h2-11,16-17H,12-15H2,1H3,(H,27,30). The number of ether oxygens (including phenoxy) is 1. The minimum Gasteiger partial charge on any atom is -0.456 e. The highest BCUT2D eigenvalue weighted by molar-refractivity contribution is 5.85. The lowest BCUT2D eigenvalue weighted by molar-refractivity contribution is 0.312.